The molecule has 1 rings (SSSR count). The van der Waals surface area contributed by atoms with Crippen molar-refractivity contribution >= 4 is 11.8 Å². The lowest BCUT2D eigenvalue weighted by Crippen LogP contribution is -1.91. The Bertz CT molecular complexity index is 323. The number of Topliss-reactive ketones (excluding diaryl/α,β-unsaturated/α-hetero) is 1. The zero-order valence-corrected chi connectivity index (χ0v) is 8.98. The Kier molecular flexibility index (Phi) is 5.78. The van der Waals surface area contributed by atoms with Gasteiger partial charge in [-0.15, -0.1) is 0 Å². The van der Waals surface area contributed by atoms with E-state index in [0.29, 0.717) is 5.56 Å². The molecule has 1 aromatic rings. The number of carboxylic acids is 1. The number of carbonyl (C=O) groups is 2. The van der Waals surface area contributed by atoms with Gasteiger partial charge in [0.1, 0.15) is 5.75 Å². The van der Waals surface area contributed by atoms with E-state index in [2.05, 4.69) is 0 Å². The van der Waals surface area contributed by atoms with Crippen molar-refractivity contribution in [2.45, 2.75) is 13.8 Å². The molecule has 4 heteroatoms. The van der Waals surface area contributed by atoms with E-state index in [9.17, 15) is 4.79 Å². The Morgan fingerprint density at radius 1 is 1.13 bits per heavy atom. The summed E-state index contributed by atoms with van der Waals surface area (Å²) in [4.78, 5) is 19.8. The van der Waals surface area contributed by atoms with Gasteiger partial charge in [-0.05, 0) is 31.2 Å². The number of hydrogen-bond donors (Lipinski definition) is 1. The van der Waals surface area contributed by atoms with Crippen LogP contribution < -0.4 is 4.74 Å². The molecule has 4 nitrogen and oxygen atoms in total. The Balaban J connectivity index is 0.000000423. The van der Waals surface area contributed by atoms with Crippen molar-refractivity contribution in [1.29, 1.82) is 0 Å². The van der Waals surface area contributed by atoms with Gasteiger partial charge in [-0.2, -0.15) is 0 Å². The molecular weight excluding hydrogens is 196 g/mol. The molecule has 0 atom stereocenters. The molecule has 0 fully saturated rings. The van der Waals surface area contributed by atoms with Gasteiger partial charge in [0.15, 0.2) is 5.78 Å². The van der Waals surface area contributed by atoms with Gasteiger partial charge >= 0.3 is 0 Å². The Morgan fingerprint density at radius 2 is 1.53 bits per heavy atom. The van der Waals surface area contributed by atoms with Crippen LogP contribution in [-0.4, -0.2) is 24.0 Å². The van der Waals surface area contributed by atoms with E-state index in [0.717, 1.165) is 12.7 Å². The highest BCUT2D eigenvalue weighted by Crippen LogP contribution is 2.11. The van der Waals surface area contributed by atoms with Gasteiger partial charge in [0.05, 0.1) is 7.11 Å². The van der Waals surface area contributed by atoms with Gasteiger partial charge in [0.25, 0.3) is 5.97 Å². The molecule has 0 aliphatic rings. The van der Waals surface area contributed by atoms with Crippen LogP contribution in [0, 0.1) is 0 Å². The monoisotopic (exact) mass is 210 g/mol. The van der Waals surface area contributed by atoms with Crippen LogP contribution in [0.15, 0.2) is 24.3 Å². The Morgan fingerprint density at radius 3 is 1.80 bits per heavy atom. The van der Waals surface area contributed by atoms with Crippen LogP contribution in [-0.2, 0) is 4.79 Å². The third kappa shape index (κ3) is 6.26. The smallest absolute Gasteiger partial charge is 0.300 e. The number of carboxylic acid groups (broad SMARTS) is 1. The minimum atomic E-state index is -0.833. The van der Waals surface area contributed by atoms with Crippen molar-refractivity contribution in [3.8, 4) is 5.75 Å². The van der Waals surface area contributed by atoms with E-state index in [1.54, 1.807) is 38.3 Å². The minimum Gasteiger partial charge on any atom is -0.497 e. The highest BCUT2D eigenvalue weighted by Gasteiger charge is 1.97. The maximum Gasteiger partial charge on any atom is 0.300 e. The largest absolute Gasteiger partial charge is 0.497 e. The minimum absolute atomic E-state index is 0.0765. The predicted molar refractivity (Wildman–Crippen MR) is 56.3 cm³/mol. The molecule has 0 amide bonds. The molecule has 1 aromatic carbocycles. The molecule has 0 unspecified atom stereocenters. The predicted octanol–water partition coefficient (Wildman–Crippen LogP) is 1.99. The van der Waals surface area contributed by atoms with Crippen molar-refractivity contribution in [1.82, 2.24) is 0 Å². The van der Waals surface area contributed by atoms with Crippen LogP contribution in [0.5, 0.6) is 5.75 Å². The zero-order chi connectivity index (χ0) is 11.8. The van der Waals surface area contributed by atoms with Gasteiger partial charge in [-0.25, -0.2) is 0 Å². The summed E-state index contributed by atoms with van der Waals surface area (Å²) in [6, 6.07) is 7.05. The van der Waals surface area contributed by atoms with Gasteiger partial charge in [-0.1, -0.05) is 0 Å². The topological polar surface area (TPSA) is 63.6 Å². The summed E-state index contributed by atoms with van der Waals surface area (Å²) in [5.74, 6) is 0.0163. The molecule has 0 aliphatic carbocycles. The average molecular weight is 210 g/mol. The quantitative estimate of drug-likeness (QED) is 0.758. The molecule has 0 radical (unpaired) electrons. The SMILES string of the molecule is CC(=O)O.COc1ccc(C(C)=O)cc1. The fourth-order valence-electron chi connectivity index (χ4n) is 0.826. The lowest BCUT2D eigenvalue weighted by molar-refractivity contribution is -0.134. The first-order valence-corrected chi connectivity index (χ1v) is 4.32. The second-order valence-electron chi connectivity index (χ2n) is 2.80. The van der Waals surface area contributed by atoms with Crippen molar-refractivity contribution in [3.05, 3.63) is 29.8 Å². The summed E-state index contributed by atoms with van der Waals surface area (Å²) in [6.45, 7) is 2.63. The van der Waals surface area contributed by atoms with Crippen LogP contribution in [0.2, 0.25) is 0 Å². The second kappa shape index (κ2) is 6.59. The maximum absolute atomic E-state index is 10.8. The number of rotatable bonds is 2. The van der Waals surface area contributed by atoms with Crippen LogP contribution in [0.25, 0.3) is 0 Å². The Hall–Kier alpha value is -1.84. The Labute approximate surface area is 88.5 Å². The number of ether oxygens (including phenoxy) is 1. The molecule has 0 aliphatic heterocycles. The highest BCUT2D eigenvalue weighted by atomic mass is 16.5. The van der Waals surface area contributed by atoms with E-state index in [4.69, 9.17) is 14.6 Å². The molecule has 82 valence electrons. The van der Waals surface area contributed by atoms with E-state index in [1.165, 1.54) is 0 Å². The van der Waals surface area contributed by atoms with Gasteiger partial charge < -0.3 is 9.84 Å². The summed E-state index contributed by atoms with van der Waals surface area (Å²) < 4.78 is 4.94. The molecule has 15 heavy (non-hydrogen) atoms. The fraction of sp³-hybridized carbons (Fsp3) is 0.273. The van der Waals surface area contributed by atoms with Gasteiger partial charge in [0.2, 0.25) is 0 Å². The van der Waals surface area contributed by atoms with Crippen LogP contribution >= 0.6 is 0 Å². The van der Waals surface area contributed by atoms with Gasteiger partial charge in [0, 0.05) is 12.5 Å². The van der Waals surface area contributed by atoms with E-state index < -0.39 is 5.97 Å². The summed E-state index contributed by atoms with van der Waals surface area (Å²) in [6.07, 6.45) is 0. The normalized spacial score (nSPS) is 8.47. The van der Waals surface area contributed by atoms with Crippen molar-refractivity contribution in [3.63, 3.8) is 0 Å². The molecule has 0 heterocycles. The molecule has 0 spiro atoms. The van der Waals surface area contributed by atoms with Crippen LogP contribution in [0.1, 0.15) is 24.2 Å². The number of benzene rings is 1. The lowest BCUT2D eigenvalue weighted by atomic mass is 10.1. The number of carbonyl (C=O) groups excluding carboxylic acids is 1. The first kappa shape index (κ1) is 13.2. The van der Waals surface area contributed by atoms with Crippen molar-refractivity contribution in [2.24, 2.45) is 0 Å². The fourth-order valence-corrected chi connectivity index (χ4v) is 0.826. The van der Waals surface area contributed by atoms with Crippen molar-refractivity contribution in [2.75, 3.05) is 7.11 Å². The zero-order valence-electron chi connectivity index (χ0n) is 8.98. The summed E-state index contributed by atoms with van der Waals surface area (Å²) in [7, 11) is 1.60. The van der Waals surface area contributed by atoms with Crippen LogP contribution in [0.4, 0.5) is 0 Å². The average Bonchev–Trinajstić information content (AvgIpc) is 2.17. The third-order valence-electron chi connectivity index (χ3n) is 1.50. The molecule has 1 N–H and O–H groups in total. The number of hydrogen-bond acceptors (Lipinski definition) is 3. The summed E-state index contributed by atoms with van der Waals surface area (Å²) in [5.41, 5.74) is 0.714. The summed E-state index contributed by atoms with van der Waals surface area (Å²) in [5, 5.41) is 7.42. The number of aliphatic carboxylic acids is 1. The number of ketones is 1. The van der Waals surface area contributed by atoms with Crippen molar-refractivity contribution < 1.29 is 19.4 Å². The molecule has 0 saturated heterocycles. The van der Waals surface area contributed by atoms with Gasteiger partial charge in [-0.3, -0.25) is 9.59 Å². The maximum atomic E-state index is 10.8. The first-order valence-electron chi connectivity index (χ1n) is 4.32. The van der Waals surface area contributed by atoms with E-state index in [1.807, 2.05) is 0 Å². The number of methoxy groups -OCH3 is 1. The molecule has 0 bridgehead atoms. The first-order chi connectivity index (χ1) is 6.97. The highest BCUT2D eigenvalue weighted by molar-refractivity contribution is 5.94. The second-order valence-corrected chi connectivity index (χ2v) is 2.80. The summed E-state index contributed by atoms with van der Waals surface area (Å²) >= 11 is 0. The molecular formula is C11H14O4. The standard InChI is InChI=1S/C9H10O2.C2H4O2/c1-7(10)8-3-5-9(11-2)6-4-8;1-2(3)4/h3-6H,1-2H3;1H3,(H,3,4). The lowest BCUT2D eigenvalue weighted by Gasteiger charge is -1.98. The van der Waals surface area contributed by atoms with E-state index in [-0.39, 0.29) is 5.78 Å². The van der Waals surface area contributed by atoms with Crippen LogP contribution in [0.3, 0.4) is 0 Å². The molecule has 0 aromatic heterocycles. The van der Waals surface area contributed by atoms with E-state index >= 15 is 0 Å². The molecule has 0 saturated carbocycles. The third-order valence-corrected chi connectivity index (χ3v) is 1.50.